The van der Waals surface area contributed by atoms with Crippen LogP contribution >= 0.6 is 7.14 Å². The first kappa shape index (κ1) is 12.3. The molecule has 1 aliphatic rings. The lowest BCUT2D eigenvalue weighted by atomic mass is 10.2. The maximum Gasteiger partial charge on any atom is 0.306 e. The first-order chi connectivity index (χ1) is 6.97. The van der Waals surface area contributed by atoms with Crippen molar-refractivity contribution in [1.29, 1.82) is 0 Å². The normalized spacial score (nSPS) is 18.3. The SMILES string of the molecule is CCOC(=O)CCP1(=O)C=C(C)C(C)=C1. The minimum atomic E-state index is -2.38. The summed E-state index contributed by atoms with van der Waals surface area (Å²) in [6.45, 7) is 6.03. The highest BCUT2D eigenvalue weighted by atomic mass is 31.2. The van der Waals surface area contributed by atoms with E-state index in [9.17, 15) is 9.36 Å². The van der Waals surface area contributed by atoms with E-state index >= 15 is 0 Å². The Morgan fingerprint density at radius 2 is 1.87 bits per heavy atom. The molecule has 0 aromatic rings. The van der Waals surface area contributed by atoms with E-state index in [1.165, 1.54) is 0 Å². The summed E-state index contributed by atoms with van der Waals surface area (Å²) in [5.41, 5.74) is 2.12. The van der Waals surface area contributed by atoms with E-state index in [4.69, 9.17) is 4.74 Å². The topological polar surface area (TPSA) is 43.4 Å². The summed E-state index contributed by atoms with van der Waals surface area (Å²) in [6.07, 6.45) is 0.624. The Morgan fingerprint density at radius 1 is 1.33 bits per heavy atom. The standard InChI is InChI=1S/C11H17O3P/c1-4-14-11(12)5-6-15(13)7-9(2)10(3)8-15/h7-8H,4-6H2,1-3H3. The molecule has 0 amide bonds. The van der Waals surface area contributed by atoms with Crippen molar-refractivity contribution in [2.45, 2.75) is 27.2 Å². The Labute approximate surface area is 90.6 Å². The van der Waals surface area contributed by atoms with Gasteiger partial charge < -0.3 is 9.30 Å². The van der Waals surface area contributed by atoms with Gasteiger partial charge in [0.05, 0.1) is 13.0 Å². The zero-order valence-electron chi connectivity index (χ0n) is 9.45. The number of hydrogen-bond donors (Lipinski definition) is 0. The van der Waals surface area contributed by atoms with E-state index in [-0.39, 0.29) is 12.4 Å². The second-order valence-corrected chi connectivity index (χ2v) is 6.43. The quantitative estimate of drug-likeness (QED) is 0.548. The van der Waals surface area contributed by atoms with Crippen LogP contribution in [0.25, 0.3) is 0 Å². The summed E-state index contributed by atoms with van der Waals surface area (Å²) < 4.78 is 17.0. The number of carbonyl (C=O) groups excluding carboxylic acids is 1. The molecule has 4 heteroatoms. The number of carbonyl (C=O) groups is 1. The van der Waals surface area contributed by atoms with Crippen LogP contribution in [0.3, 0.4) is 0 Å². The molecule has 0 atom stereocenters. The predicted octanol–water partition coefficient (Wildman–Crippen LogP) is 3.12. The maximum atomic E-state index is 12.2. The van der Waals surface area contributed by atoms with Gasteiger partial charge in [-0.3, -0.25) is 4.79 Å². The van der Waals surface area contributed by atoms with Gasteiger partial charge >= 0.3 is 5.97 Å². The van der Waals surface area contributed by atoms with Gasteiger partial charge in [-0.1, -0.05) is 0 Å². The van der Waals surface area contributed by atoms with Crippen LogP contribution in [0.1, 0.15) is 27.2 Å². The molecule has 0 aromatic carbocycles. The lowest BCUT2D eigenvalue weighted by Gasteiger charge is -2.06. The molecule has 0 saturated heterocycles. The maximum absolute atomic E-state index is 12.2. The van der Waals surface area contributed by atoms with Crippen molar-refractivity contribution in [2.24, 2.45) is 0 Å². The number of rotatable bonds is 4. The fourth-order valence-corrected chi connectivity index (χ4v) is 4.11. The molecule has 0 fully saturated rings. The van der Waals surface area contributed by atoms with Crippen LogP contribution in [0.5, 0.6) is 0 Å². The van der Waals surface area contributed by atoms with Crippen molar-refractivity contribution in [3.63, 3.8) is 0 Å². The number of esters is 1. The highest BCUT2D eigenvalue weighted by Crippen LogP contribution is 2.56. The van der Waals surface area contributed by atoms with Gasteiger partial charge in [0.1, 0.15) is 7.14 Å². The van der Waals surface area contributed by atoms with Gasteiger partial charge in [0.2, 0.25) is 0 Å². The molecular formula is C11H17O3P. The van der Waals surface area contributed by atoms with Crippen molar-refractivity contribution < 1.29 is 14.1 Å². The van der Waals surface area contributed by atoms with Crippen LogP contribution in [-0.2, 0) is 14.1 Å². The molecule has 0 aromatic heterocycles. The zero-order valence-corrected chi connectivity index (χ0v) is 10.3. The second kappa shape index (κ2) is 4.80. The molecule has 1 heterocycles. The van der Waals surface area contributed by atoms with E-state index in [0.29, 0.717) is 12.8 Å². The minimum Gasteiger partial charge on any atom is -0.466 e. The molecule has 15 heavy (non-hydrogen) atoms. The lowest BCUT2D eigenvalue weighted by molar-refractivity contribution is -0.142. The molecule has 0 unspecified atom stereocenters. The van der Waals surface area contributed by atoms with E-state index in [2.05, 4.69) is 0 Å². The van der Waals surface area contributed by atoms with Gasteiger partial charge in [0.25, 0.3) is 0 Å². The van der Waals surface area contributed by atoms with Crippen molar-refractivity contribution in [3.05, 3.63) is 22.8 Å². The van der Waals surface area contributed by atoms with E-state index < -0.39 is 7.14 Å². The second-order valence-electron chi connectivity index (χ2n) is 3.76. The molecule has 1 aliphatic heterocycles. The summed E-state index contributed by atoms with van der Waals surface area (Å²) in [5.74, 6) is 3.32. The fraction of sp³-hybridized carbons (Fsp3) is 0.545. The molecular weight excluding hydrogens is 211 g/mol. The van der Waals surface area contributed by atoms with Crippen LogP contribution in [-0.4, -0.2) is 18.7 Å². The molecule has 0 N–H and O–H groups in total. The Morgan fingerprint density at radius 3 is 2.33 bits per heavy atom. The van der Waals surface area contributed by atoms with Gasteiger partial charge in [0.15, 0.2) is 0 Å². The Balaban J connectivity index is 2.54. The number of ether oxygens (including phenoxy) is 1. The Bertz CT molecular complexity index is 344. The van der Waals surface area contributed by atoms with E-state index in [1.54, 1.807) is 18.6 Å². The molecule has 84 valence electrons. The molecule has 3 nitrogen and oxygen atoms in total. The van der Waals surface area contributed by atoms with Gasteiger partial charge in [-0.25, -0.2) is 0 Å². The third-order valence-electron chi connectivity index (χ3n) is 2.42. The third-order valence-corrected chi connectivity index (χ3v) is 4.99. The zero-order chi connectivity index (χ0) is 11.5. The van der Waals surface area contributed by atoms with Gasteiger partial charge in [-0.2, -0.15) is 0 Å². The molecule has 0 aliphatic carbocycles. The van der Waals surface area contributed by atoms with Gasteiger partial charge in [-0.05, 0) is 43.6 Å². The first-order valence-corrected chi connectivity index (χ1v) is 7.13. The summed E-state index contributed by atoms with van der Waals surface area (Å²) in [6, 6.07) is 0. The van der Waals surface area contributed by atoms with Crippen molar-refractivity contribution in [1.82, 2.24) is 0 Å². The van der Waals surface area contributed by atoms with Crippen LogP contribution in [0, 0.1) is 0 Å². The van der Waals surface area contributed by atoms with Crippen LogP contribution < -0.4 is 0 Å². The molecule has 1 rings (SSSR count). The lowest BCUT2D eigenvalue weighted by Crippen LogP contribution is -2.05. The summed E-state index contributed by atoms with van der Waals surface area (Å²) >= 11 is 0. The smallest absolute Gasteiger partial charge is 0.306 e. The summed E-state index contributed by atoms with van der Waals surface area (Å²) in [4.78, 5) is 11.1. The average molecular weight is 228 g/mol. The number of allylic oxidation sites excluding steroid dienone is 2. The Hall–Kier alpha value is -0.820. The van der Waals surface area contributed by atoms with Crippen LogP contribution in [0.15, 0.2) is 22.8 Å². The monoisotopic (exact) mass is 228 g/mol. The van der Waals surface area contributed by atoms with Crippen LogP contribution in [0.4, 0.5) is 0 Å². The first-order valence-electron chi connectivity index (χ1n) is 5.10. The third kappa shape index (κ3) is 3.35. The predicted molar refractivity (Wildman–Crippen MR) is 61.2 cm³/mol. The molecule has 0 radical (unpaired) electrons. The van der Waals surface area contributed by atoms with Crippen molar-refractivity contribution >= 4 is 13.1 Å². The van der Waals surface area contributed by atoms with Crippen molar-refractivity contribution in [3.8, 4) is 0 Å². The fourth-order valence-electron chi connectivity index (χ4n) is 1.52. The minimum absolute atomic E-state index is 0.235. The molecule has 0 bridgehead atoms. The van der Waals surface area contributed by atoms with Crippen LogP contribution in [0.2, 0.25) is 0 Å². The Kier molecular flexibility index (Phi) is 3.92. The van der Waals surface area contributed by atoms with Gasteiger partial charge in [-0.15, -0.1) is 0 Å². The summed E-state index contributed by atoms with van der Waals surface area (Å²) in [5, 5.41) is 0. The van der Waals surface area contributed by atoms with E-state index in [1.807, 2.05) is 13.8 Å². The van der Waals surface area contributed by atoms with E-state index in [0.717, 1.165) is 11.1 Å². The molecule has 0 spiro atoms. The van der Waals surface area contributed by atoms with Gasteiger partial charge in [0, 0.05) is 6.16 Å². The highest BCUT2D eigenvalue weighted by molar-refractivity contribution is 7.70. The average Bonchev–Trinajstić information content (AvgIpc) is 2.39. The molecule has 0 saturated carbocycles. The largest absolute Gasteiger partial charge is 0.466 e. The van der Waals surface area contributed by atoms with Crippen molar-refractivity contribution in [2.75, 3.05) is 12.8 Å². The number of hydrogen-bond acceptors (Lipinski definition) is 3. The summed E-state index contributed by atoms with van der Waals surface area (Å²) in [7, 11) is -2.38. The highest BCUT2D eigenvalue weighted by Gasteiger charge is 2.23.